The Kier molecular flexibility index (Phi) is 4.56. The van der Waals surface area contributed by atoms with Crippen molar-refractivity contribution in [3.05, 3.63) is 23.4 Å². The van der Waals surface area contributed by atoms with Crippen molar-refractivity contribution in [2.45, 2.75) is 39.7 Å². The molecule has 1 heterocycles. The molecule has 1 aromatic rings. The fraction of sp³-hybridized carbons (Fsp3) is 0.583. The highest BCUT2D eigenvalue weighted by molar-refractivity contribution is 5.42. The van der Waals surface area contributed by atoms with Crippen LogP contribution in [0.25, 0.3) is 0 Å². The topological polar surface area (TPSA) is 50.9 Å². The molecule has 0 spiro atoms. The first-order chi connectivity index (χ1) is 7.19. The fourth-order valence-electron chi connectivity index (χ4n) is 1.78. The van der Waals surface area contributed by atoms with Gasteiger partial charge in [0.25, 0.3) is 0 Å². The van der Waals surface area contributed by atoms with E-state index in [1.165, 1.54) is 5.56 Å². The quantitative estimate of drug-likeness (QED) is 0.779. The van der Waals surface area contributed by atoms with E-state index in [9.17, 15) is 0 Å². The van der Waals surface area contributed by atoms with Crippen LogP contribution in [0, 0.1) is 6.92 Å². The SMILES string of the molecule is CCCC(NCC)c1cc(C)cnc1N. The normalized spacial score (nSPS) is 12.7. The minimum Gasteiger partial charge on any atom is -0.383 e. The van der Waals surface area contributed by atoms with Gasteiger partial charge in [0.15, 0.2) is 0 Å². The van der Waals surface area contributed by atoms with Crippen molar-refractivity contribution in [2.24, 2.45) is 0 Å². The van der Waals surface area contributed by atoms with Gasteiger partial charge in [0.1, 0.15) is 5.82 Å². The Labute approximate surface area is 92.1 Å². The van der Waals surface area contributed by atoms with Crippen molar-refractivity contribution < 1.29 is 0 Å². The number of pyridine rings is 1. The van der Waals surface area contributed by atoms with Crippen LogP contribution in [0.2, 0.25) is 0 Å². The van der Waals surface area contributed by atoms with Gasteiger partial charge in [-0.15, -0.1) is 0 Å². The molecule has 1 unspecified atom stereocenters. The van der Waals surface area contributed by atoms with Gasteiger partial charge in [-0.25, -0.2) is 4.98 Å². The van der Waals surface area contributed by atoms with Crippen molar-refractivity contribution in [1.82, 2.24) is 10.3 Å². The number of aryl methyl sites for hydroxylation is 1. The number of rotatable bonds is 5. The van der Waals surface area contributed by atoms with E-state index >= 15 is 0 Å². The van der Waals surface area contributed by atoms with Crippen molar-refractivity contribution in [3.63, 3.8) is 0 Å². The molecule has 0 amide bonds. The van der Waals surface area contributed by atoms with Gasteiger partial charge in [-0.1, -0.05) is 20.3 Å². The van der Waals surface area contributed by atoms with Gasteiger partial charge >= 0.3 is 0 Å². The van der Waals surface area contributed by atoms with Crippen molar-refractivity contribution in [2.75, 3.05) is 12.3 Å². The summed E-state index contributed by atoms with van der Waals surface area (Å²) in [5.74, 6) is 0.653. The van der Waals surface area contributed by atoms with Gasteiger partial charge in [-0.05, 0) is 31.5 Å². The van der Waals surface area contributed by atoms with E-state index < -0.39 is 0 Å². The average Bonchev–Trinajstić information content (AvgIpc) is 2.21. The average molecular weight is 207 g/mol. The number of nitrogen functional groups attached to an aromatic ring is 1. The molecule has 15 heavy (non-hydrogen) atoms. The molecule has 0 aromatic carbocycles. The Balaban J connectivity index is 2.93. The van der Waals surface area contributed by atoms with E-state index in [1.54, 1.807) is 0 Å². The maximum absolute atomic E-state index is 5.90. The molecular weight excluding hydrogens is 186 g/mol. The molecule has 3 N–H and O–H groups in total. The Morgan fingerprint density at radius 2 is 2.20 bits per heavy atom. The zero-order valence-corrected chi connectivity index (χ0v) is 9.88. The first-order valence-corrected chi connectivity index (χ1v) is 5.64. The Morgan fingerprint density at radius 1 is 1.47 bits per heavy atom. The van der Waals surface area contributed by atoms with Gasteiger partial charge in [0.2, 0.25) is 0 Å². The van der Waals surface area contributed by atoms with Gasteiger partial charge in [0.05, 0.1) is 0 Å². The maximum atomic E-state index is 5.90. The van der Waals surface area contributed by atoms with Gasteiger partial charge in [0, 0.05) is 17.8 Å². The van der Waals surface area contributed by atoms with E-state index in [0.717, 1.165) is 24.9 Å². The number of nitrogens with one attached hydrogen (secondary N) is 1. The number of hydrogen-bond donors (Lipinski definition) is 2. The molecule has 0 aliphatic heterocycles. The van der Waals surface area contributed by atoms with Crippen LogP contribution in [0.1, 0.15) is 43.9 Å². The summed E-state index contributed by atoms with van der Waals surface area (Å²) >= 11 is 0. The molecule has 0 aliphatic carbocycles. The summed E-state index contributed by atoms with van der Waals surface area (Å²) in [4.78, 5) is 4.20. The molecule has 3 nitrogen and oxygen atoms in total. The van der Waals surface area contributed by atoms with Crippen molar-refractivity contribution in [3.8, 4) is 0 Å². The summed E-state index contributed by atoms with van der Waals surface area (Å²) < 4.78 is 0. The summed E-state index contributed by atoms with van der Waals surface area (Å²) in [7, 11) is 0. The third-order valence-electron chi connectivity index (χ3n) is 2.49. The van der Waals surface area contributed by atoms with E-state index in [-0.39, 0.29) is 0 Å². The highest BCUT2D eigenvalue weighted by Crippen LogP contribution is 2.23. The van der Waals surface area contributed by atoms with E-state index in [0.29, 0.717) is 11.9 Å². The van der Waals surface area contributed by atoms with Crippen LogP contribution in [0.3, 0.4) is 0 Å². The lowest BCUT2D eigenvalue weighted by atomic mass is 10.0. The molecule has 0 bridgehead atoms. The number of hydrogen-bond acceptors (Lipinski definition) is 3. The van der Waals surface area contributed by atoms with Crippen LogP contribution in [0.15, 0.2) is 12.3 Å². The lowest BCUT2D eigenvalue weighted by Gasteiger charge is -2.19. The molecule has 0 saturated heterocycles. The molecule has 0 fully saturated rings. The predicted molar refractivity (Wildman–Crippen MR) is 64.7 cm³/mol. The predicted octanol–water partition coefficient (Wildman–Crippen LogP) is 2.42. The number of anilines is 1. The van der Waals surface area contributed by atoms with E-state index in [1.807, 2.05) is 13.1 Å². The van der Waals surface area contributed by atoms with Crippen LogP contribution >= 0.6 is 0 Å². The second kappa shape index (κ2) is 5.71. The summed E-state index contributed by atoms with van der Waals surface area (Å²) in [5, 5.41) is 3.45. The fourth-order valence-corrected chi connectivity index (χ4v) is 1.78. The smallest absolute Gasteiger partial charge is 0.128 e. The maximum Gasteiger partial charge on any atom is 0.128 e. The summed E-state index contributed by atoms with van der Waals surface area (Å²) in [5.41, 5.74) is 8.20. The molecule has 84 valence electrons. The Morgan fingerprint density at radius 3 is 2.80 bits per heavy atom. The third-order valence-corrected chi connectivity index (χ3v) is 2.49. The van der Waals surface area contributed by atoms with E-state index in [4.69, 9.17) is 5.73 Å². The van der Waals surface area contributed by atoms with Crippen LogP contribution in [-0.2, 0) is 0 Å². The molecule has 0 saturated carbocycles. The molecule has 0 aliphatic rings. The highest BCUT2D eigenvalue weighted by Gasteiger charge is 2.13. The van der Waals surface area contributed by atoms with E-state index in [2.05, 4.69) is 30.2 Å². The largest absolute Gasteiger partial charge is 0.383 e. The van der Waals surface area contributed by atoms with Crippen LogP contribution in [0.5, 0.6) is 0 Å². The van der Waals surface area contributed by atoms with Gasteiger partial charge in [-0.2, -0.15) is 0 Å². The van der Waals surface area contributed by atoms with Gasteiger partial charge < -0.3 is 11.1 Å². The second-order valence-corrected chi connectivity index (χ2v) is 3.89. The van der Waals surface area contributed by atoms with Crippen molar-refractivity contribution >= 4 is 5.82 Å². The first-order valence-electron chi connectivity index (χ1n) is 5.64. The summed E-state index contributed by atoms with van der Waals surface area (Å²) in [6, 6.07) is 2.47. The molecular formula is C12H21N3. The monoisotopic (exact) mass is 207 g/mol. The summed E-state index contributed by atoms with van der Waals surface area (Å²) in [6.45, 7) is 7.30. The highest BCUT2D eigenvalue weighted by atomic mass is 14.9. The zero-order valence-electron chi connectivity index (χ0n) is 9.88. The molecule has 3 heteroatoms. The zero-order chi connectivity index (χ0) is 11.3. The Hall–Kier alpha value is -1.09. The van der Waals surface area contributed by atoms with Crippen LogP contribution in [-0.4, -0.2) is 11.5 Å². The molecule has 1 rings (SSSR count). The minimum atomic E-state index is 0.340. The number of aromatic nitrogens is 1. The minimum absolute atomic E-state index is 0.340. The van der Waals surface area contributed by atoms with Crippen LogP contribution < -0.4 is 11.1 Å². The van der Waals surface area contributed by atoms with Crippen LogP contribution in [0.4, 0.5) is 5.82 Å². The lowest BCUT2D eigenvalue weighted by molar-refractivity contribution is 0.509. The Bertz CT molecular complexity index is 304. The first kappa shape index (κ1) is 12.0. The standard InChI is InChI=1S/C12H21N3/c1-4-6-11(14-5-2)10-7-9(3)8-15-12(10)13/h7-8,11,14H,4-6H2,1-3H3,(H2,13,15). The summed E-state index contributed by atoms with van der Waals surface area (Å²) in [6.07, 6.45) is 4.06. The third kappa shape index (κ3) is 3.20. The molecule has 1 aromatic heterocycles. The number of nitrogens with zero attached hydrogens (tertiary/aromatic N) is 1. The van der Waals surface area contributed by atoms with Crippen molar-refractivity contribution in [1.29, 1.82) is 0 Å². The molecule has 1 atom stereocenters. The molecule has 0 radical (unpaired) electrons. The lowest BCUT2D eigenvalue weighted by Crippen LogP contribution is -2.22. The second-order valence-electron chi connectivity index (χ2n) is 3.89. The number of nitrogens with two attached hydrogens (primary N) is 1. The van der Waals surface area contributed by atoms with Gasteiger partial charge in [-0.3, -0.25) is 0 Å².